The first-order chi connectivity index (χ1) is 25.3. The van der Waals surface area contributed by atoms with Crippen LogP contribution in [0.1, 0.15) is 16.7 Å². The number of methoxy groups -OCH3 is 2. The van der Waals surface area contributed by atoms with E-state index in [1.165, 1.54) is 55.3 Å². The van der Waals surface area contributed by atoms with Crippen molar-refractivity contribution in [2.45, 2.75) is 19.9 Å². The summed E-state index contributed by atoms with van der Waals surface area (Å²) in [4.78, 5) is 50.4. The van der Waals surface area contributed by atoms with Crippen LogP contribution < -0.4 is 25.7 Å². The molecule has 53 heavy (non-hydrogen) atoms. The van der Waals surface area contributed by atoms with E-state index in [2.05, 4.69) is 22.2 Å². The van der Waals surface area contributed by atoms with Gasteiger partial charge in [-0.25, -0.2) is 9.37 Å². The lowest BCUT2D eigenvalue weighted by atomic mass is 10.0. The molecule has 5 rings (SSSR count). The Morgan fingerprint density at radius 1 is 1.04 bits per heavy atom. The Morgan fingerprint density at radius 3 is 2.34 bits per heavy atom. The van der Waals surface area contributed by atoms with Crippen LogP contribution in [0.3, 0.4) is 0 Å². The molecule has 0 aliphatic rings. The summed E-state index contributed by atoms with van der Waals surface area (Å²) in [6, 6.07) is 12.7. The Labute approximate surface area is 315 Å². The number of rotatable bonds is 14. The van der Waals surface area contributed by atoms with Gasteiger partial charge in [-0.05, 0) is 74.1 Å². The van der Waals surface area contributed by atoms with E-state index in [-0.39, 0.29) is 68.9 Å². The number of hydrogen-bond donors (Lipinski definition) is 2. The summed E-state index contributed by atoms with van der Waals surface area (Å²) < 4.78 is 26.8. The average molecular weight is 760 g/mol. The molecule has 0 unspecified atom stereocenters. The summed E-state index contributed by atoms with van der Waals surface area (Å²) in [5, 5.41) is 6.63. The molecule has 0 aliphatic carbocycles. The minimum atomic E-state index is -0.501. The summed E-state index contributed by atoms with van der Waals surface area (Å²) in [6.45, 7) is 5.88. The zero-order valence-electron chi connectivity index (χ0n) is 29.7. The number of carbonyl (C=O) groups excluding carboxylic acids is 2. The molecule has 274 valence electrons. The van der Waals surface area contributed by atoms with Gasteiger partial charge in [-0.1, -0.05) is 48.0 Å². The standard InChI is InChI=1S/C39H37Cl2FN6O5/c1-7-28(49)17-24-16-26(42)15-22(2)36(24)45-39-43-20-25-18-29(33-34(40)30(52-5)19-31(53-6)35(33)41)38(51)48(37(25)46-39)21-23-10-12-27(13-11-23)44-32(50)9-8-14-47(3)4/h7-13,15-16,18-20H,1,14,17,21H2,2-6H3,(H,44,50)(H,43,45,46)/b9-8+. The maximum atomic E-state index is 14.5. The molecule has 2 heterocycles. The molecule has 2 N–H and O–H groups in total. The van der Waals surface area contributed by atoms with Crippen molar-refractivity contribution in [1.29, 1.82) is 0 Å². The number of ether oxygens (including phenoxy) is 2. The van der Waals surface area contributed by atoms with Crippen LogP contribution >= 0.6 is 23.2 Å². The van der Waals surface area contributed by atoms with Crippen LogP contribution in [0.5, 0.6) is 11.5 Å². The number of nitrogens with one attached hydrogen (secondary N) is 2. The quantitative estimate of drug-likeness (QED) is 0.112. The molecule has 11 nitrogen and oxygen atoms in total. The molecule has 3 aromatic carbocycles. The lowest BCUT2D eigenvalue weighted by Gasteiger charge is -2.18. The molecule has 0 radical (unpaired) electrons. The topological polar surface area (TPSA) is 128 Å². The number of pyridine rings is 1. The lowest BCUT2D eigenvalue weighted by molar-refractivity contribution is -0.114. The molecule has 0 saturated heterocycles. The van der Waals surface area contributed by atoms with E-state index >= 15 is 0 Å². The van der Waals surface area contributed by atoms with Gasteiger partial charge in [-0.2, -0.15) is 4.98 Å². The van der Waals surface area contributed by atoms with E-state index in [0.717, 1.165) is 0 Å². The van der Waals surface area contributed by atoms with Crippen molar-refractivity contribution in [2.75, 3.05) is 45.5 Å². The van der Waals surface area contributed by atoms with Crippen molar-refractivity contribution >= 4 is 63.2 Å². The molecule has 2 aromatic heterocycles. The zero-order chi connectivity index (χ0) is 38.4. The smallest absolute Gasteiger partial charge is 0.260 e. The first kappa shape index (κ1) is 38.7. The van der Waals surface area contributed by atoms with Gasteiger partial charge in [0.1, 0.15) is 23.0 Å². The normalized spacial score (nSPS) is 11.3. The monoisotopic (exact) mass is 758 g/mol. The number of ketones is 1. The minimum absolute atomic E-state index is 0.0432. The summed E-state index contributed by atoms with van der Waals surface area (Å²) >= 11 is 13.5. The molecule has 0 fully saturated rings. The van der Waals surface area contributed by atoms with Gasteiger partial charge in [0, 0.05) is 53.6 Å². The van der Waals surface area contributed by atoms with Crippen LogP contribution in [0.15, 0.2) is 84.3 Å². The first-order valence-corrected chi connectivity index (χ1v) is 17.0. The molecule has 0 spiro atoms. The molecule has 0 aliphatic heterocycles. The third kappa shape index (κ3) is 8.91. The Hall–Kier alpha value is -5.56. The number of carbonyl (C=O) groups is 2. The van der Waals surface area contributed by atoms with Gasteiger partial charge in [-0.15, -0.1) is 0 Å². The van der Waals surface area contributed by atoms with Crippen LogP contribution in [0.25, 0.3) is 22.2 Å². The fraction of sp³-hybridized carbons (Fsp3) is 0.205. The molecular formula is C39H37Cl2FN6O5. The third-order valence-corrected chi connectivity index (χ3v) is 8.93. The van der Waals surface area contributed by atoms with E-state index < -0.39 is 11.4 Å². The number of anilines is 3. The second kappa shape index (κ2) is 16.8. The number of likely N-dealkylation sites (N-methyl/N-ethyl adjacent to an activating group) is 1. The van der Waals surface area contributed by atoms with Gasteiger partial charge < -0.3 is 25.0 Å². The number of halogens is 3. The van der Waals surface area contributed by atoms with Crippen molar-refractivity contribution < 1.29 is 23.5 Å². The SMILES string of the molecule is C=CC(=O)Cc1cc(F)cc(C)c1Nc1ncc2cc(-c3c(Cl)c(OC)cc(OC)c3Cl)c(=O)n(Cc3ccc(NC(=O)/C=C/CN(C)C)cc3)c2n1. The Morgan fingerprint density at radius 2 is 1.72 bits per heavy atom. The highest BCUT2D eigenvalue weighted by Crippen LogP contribution is 2.45. The molecule has 0 saturated carbocycles. The summed E-state index contributed by atoms with van der Waals surface area (Å²) in [5.41, 5.74) is 2.74. The molecule has 0 atom stereocenters. The van der Waals surface area contributed by atoms with Crippen molar-refractivity contribution in [3.63, 3.8) is 0 Å². The van der Waals surface area contributed by atoms with E-state index in [9.17, 15) is 18.8 Å². The Balaban J connectivity index is 1.63. The average Bonchev–Trinajstić information content (AvgIpc) is 3.12. The molecule has 0 bridgehead atoms. The van der Waals surface area contributed by atoms with Gasteiger partial charge >= 0.3 is 0 Å². The van der Waals surface area contributed by atoms with Gasteiger partial charge in [-0.3, -0.25) is 19.0 Å². The number of aryl methyl sites for hydroxylation is 1. The van der Waals surface area contributed by atoms with E-state index in [0.29, 0.717) is 40.0 Å². The van der Waals surface area contributed by atoms with Crippen LogP contribution in [-0.2, 0) is 22.6 Å². The maximum Gasteiger partial charge on any atom is 0.260 e. The van der Waals surface area contributed by atoms with Crippen LogP contribution in [0.2, 0.25) is 10.0 Å². The van der Waals surface area contributed by atoms with Crippen LogP contribution in [0, 0.1) is 12.7 Å². The van der Waals surface area contributed by atoms with E-state index in [1.807, 2.05) is 19.0 Å². The second-order valence-electron chi connectivity index (χ2n) is 12.3. The third-order valence-electron chi connectivity index (χ3n) is 8.18. The molecular weight excluding hydrogens is 722 g/mol. The number of hydrogen-bond acceptors (Lipinski definition) is 9. The number of aromatic nitrogens is 3. The highest BCUT2D eigenvalue weighted by atomic mass is 35.5. The minimum Gasteiger partial charge on any atom is -0.495 e. The molecule has 14 heteroatoms. The summed E-state index contributed by atoms with van der Waals surface area (Å²) in [5.74, 6) is -0.476. The predicted molar refractivity (Wildman–Crippen MR) is 208 cm³/mol. The van der Waals surface area contributed by atoms with Crippen molar-refractivity contribution in [3.05, 3.63) is 122 Å². The second-order valence-corrected chi connectivity index (χ2v) is 13.0. The van der Waals surface area contributed by atoms with Gasteiger partial charge in [0.05, 0.1) is 36.4 Å². The first-order valence-electron chi connectivity index (χ1n) is 16.3. The van der Waals surface area contributed by atoms with Crippen molar-refractivity contribution in [2.24, 2.45) is 0 Å². The highest BCUT2D eigenvalue weighted by Gasteiger charge is 2.24. The fourth-order valence-electron chi connectivity index (χ4n) is 5.60. The maximum absolute atomic E-state index is 14.5. The fourth-order valence-corrected chi connectivity index (χ4v) is 6.30. The van der Waals surface area contributed by atoms with E-state index in [1.54, 1.807) is 43.3 Å². The largest absolute Gasteiger partial charge is 0.495 e. The number of nitrogens with zero attached hydrogens (tertiary/aromatic N) is 4. The highest BCUT2D eigenvalue weighted by molar-refractivity contribution is 6.41. The predicted octanol–water partition coefficient (Wildman–Crippen LogP) is 7.38. The van der Waals surface area contributed by atoms with E-state index in [4.69, 9.17) is 37.7 Å². The summed E-state index contributed by atoms with van der Waals surface area (Å²) in [6.07, 6.45) is 5.83. The lowest BCUT2D eigenvalue weighted by Crippen LogP contribution is -2.24. The van der Waals surface area contributed by atoms with Crippen molar-refractivity contribution in [1.82, 2.24) is 19.4 Å². The molecule has 1 amide bonds. The summed E-state index contributed by atoms with van der Waals surface area (Å²) in [7, 11) is 6.69. The van der Waals surface area contributed by atoms with Gasteiger partial charge in [0.15, 0.2) is 5.78 Å². The number of fused-ring (bicyclic) bond motifs is 1. The Bertz CT molecular complexity index is 2280. The Kier molecular flexibility index (Phi) is 12.3. The number of allylic oxidation sites excluding steroid dienone is 1. The van der Waals surface area contributed by atoms with Gasteiger partial charge in [0.2, 0.25) is 11.9 Å². The number of amides is 1. The number of benzene rings is 3. The van der Waals surface area contributed by atoms with Crippen LogP contribution in [-0.4, -0.2) is 66.0 Å². The van der Waals surface area contributed by atoms with Crippen LogP contribution in [0.4, 0.5) is 21.7 Å². The zero-order valence-corrected chi connectivity index (χ0v) is 31.2. The molecule has 5 aromatic rings. The van der Waals surface area contributed by atoms with Gasteiger partial charge in [0.25, 0.3) is 5.56 Å². The van der Waals surface area contributed by atoms with Crippen molar-refractivity contribution in [3.8, 4) is 22.6 Å².